The number of carbonyl (C=O) groups is 1. The summed E-state index contributed by atoms with van der Waals surface area (Å²) < 4.78 is 61.7. The minimum absolute atomic E-state index is 0.0439. The van der Waals surface area contributed by atoms with E-state index in [2.05, 4.69) is 10.6 Å². The lowest BCUT2D eigenvalue weighted by atomic mass is 9.88. The zero-order chi connectivity index (χ0) is 24.8. The molecule has 3 aromatic carbocycles. The van der Waals surface area contributed by atoms with Crippen molar-refractivity contribution in [3.63, 3.8) is 0 Å². The van der Waals surface area contributed by atoms with E-state index >= 15 is 0 Å². The third-order valence-electron chi connectivity index (χ3n) is 6.06. The molecule has 3 aromatic rings. The van der Waals surface area contributed by atoms with Crippen molar-refractivity contribution in [3.8, 4) is 0 Å². The van der Waals surface area contributed by atoms with Crippen LogP contribution in [0.15, 0.2) is 60.7 Å². The molecule has 0 radical (unpaired) electrons. The van der Waals surface area contributed by atoms with E-state index in [0.29, 0.717) is 42.8 Å². The summed E-state index contributed by atoms with van der Waals surface area (Å²) >= 11 is 0. The molecule has 1 aliphatic heterocycles. The maximum absolute atomic E-state index is 14.6. The van der Waals surface area contributed by atoms with Gasteiger partial charge in [-0.25, -0.2) is 17.6 Å². The van der Waals surface area contributed by atoms with E-state index in [9.17, 15) is 22.4 Å². The van der Waals surface area contributed by atoms with Crippen LogP contribution in [0.2, 0.25) is 0 Å². The summed E-state index contributed by atoms with van der Waals surface area (Å²) in [5.41, 5.74) is 1.46. The number of anilines is 1. The number of amides is 1. The van der Waals surface area contributed by atoms with E-state index in [-0.39, 0.29) is 18.1 Å². The van der Waals surface area contributed by atoms with Gasteiger partial charge in [-0.15, -0.1) is 0 Å². The van der Waals surface area contributed by atoms with Gasteiger partial charge in [0.25, 0.3) is 0 Å². The van der Waals surface area contributed by atoms with Crippen LogP contribution in [-0.4, -0.2) is 31.7 Å². The molecule has 0 spiro atoms. The van der Waals surface area contributed by atoms with Gasteiger partial charge in [-0.1, -0.05) is 18.2 Å². The summed E-state index contributed by atoms with van der Waals surface area (Å²) in [4.78, 5) is 13.0. The van der Waals surface area contributed by atoms with Crippen molar-refractivity contribution in [1.82, 2.24) is 5.32 Å². The number of nitrogens with one attached hydrogen (secondary N) is 2. The lowest BCUT2D eigenvalue weighted by Crippen LogP contribution is -2.38. The Bertz CT molecular complexity index is 1140. The van der Waals surface area contributed by atoms with Gasteiger partial charge in [0, 0.05) is 42.7 Å². The highest BCUT2D eigenvalue weighted by Gasteiger charge is 2.22. The minimum atomic E-state index is -0.778. The van der Waals surface area contributed by atoms with Crippen molar-refractivity contribution < 1.29 is 27.1 Å². The average Bonchev–Trinajstić information content (AvgIpc) is 2.83. The van der Waals surface area contributed by atoms with Gasteiger partial charge < -0.3 is 15.4 Å². The number of ether oxygens (including phenoxy) is 1. The smallest absolute Gasteiger partial charge is 0.225 e. The van der Waals surface area contributed by atoms with Gasteiger partial charge in [0.05, 0.1) is 12.7 Å². The summed E-state index contributed by atoms with van der Waals surface area (Å²) in [5, 5.41) is 5.98. The van der Waals surface area contributed by atoms with Gasteiger partial charge in [-0.05, 0) is 60.4 Å². The van der Waals surface area contributed by atoms with Crippen LogP contribution in [0.4, 0.5) is 23.2 Å². The van der Waals surface area contributed by atoms with Gasteiger partial charge in [-0.3, -0.25) is 4.79 Å². The fourth-order valence-electron chi connectivity index (χ4n) is 4.33. The molecule has 0 unspecified atom stereocenters. The molecule has 2 atom stereocenters. The number of hydrogen-bond acceptors (Lipinski definition) is 3. The second-order valence-corrected chi connectivity index (χ2v) is 8.56. The van der Waals surface area contributed by atoms with Crippen molar-refractivity contribution >= 4 is 11.6 Å². The number of benzene rings is 3. The maximum atomic E-state index is 14.6. The van der Waals surface area contributed by atoms with Crippen molar-refractivity contribution in [2.45, 2.75) is 31.3 Å². The number of hydrogen-bond donors (Lipinski definition) is 2. The van der Waals surface area contributed by atoms with Crippen LogP contribution in [0, 0.1) is 23.3 Å². The summed E-state index contributed by atoms with van der Waals surface area (Å²) in [7, 11) is 0. The SMILES string of the molecule is O=C(C[C@@H](c1ccc(F)cc1)c1cc(F)cc(F)c1)Nc1cccc(F)c1CC[C@@H]1CNCCO1. The summed E-state index contributed by atoms with van der Waals surface area (Å²) in [5.74, 6) is -3.66. The molecule has 0 saturated carbocycles. The van der Waals surface area contributed by atoms with E-state index in [4.69, 9.17) is 4.74 Å². The zero-order valence-corrected chi connectivity index (χ0v) is 19.0. The van der Waals surface area contributed by atoms with Crippen LogP contribution in [0.3, 0.4) is 0 Å². The number of morpholine rings is 1. The first-order valence-corrected chi connectivity index (χ1v) is 11.5. The molecular formula is C27H26F4N2O2. The van der Waals surface area contributed by atoms with Crippen LogP contribution >= 0.6 is 0 Å². The Morgan fingerprint density at radius 2 is 1.71 bits per heavy atom. The van der Waals surface area contributed by atoms with Crippen LogP contribution in [0.5, 0.6) is 0 Å². The Hall–Kier alpha value is -3.23. The minimum Gasteiger partial charge on any atom is -0.376 e. The summed E-state index contributed by atoms with van der Waals surface area (Å²) in [6.07, 6.45) is 0.723. The lowest BCUT2D eigenvalue weighted by Gasteiger charge is -2.24. The van der Waals surface area contributed by atoms with Gasteiger partial charge in [0.2, 0.25) is 5.91 Å². The number of carbonyl (C=O) groups excluding carboxylic acids is 1. The fraction of sp³-hybridized carbons (Fsp3) is 0.296. The Morgan fingerprint density at radius 3 is 2.40 bits per heavy atom. The summed E-state index contributed by atoms with van der Waals surface area (Å²) in [6.45, 7) is 2.05. The normalized spacial score (nSPS) is 16.6. The lowest BCUT2D eigenvalue weighted by molar-refractivity contribution is -0.116. The predicted octanol–water partition coefficient (Wildman–Crippen LogP) is 5.32. The second-order valence-electron chi connectivity index (χ2n) is 8.56. The van der Waals surface area contributed by atoms with Crippen molar-refractivity contribution in [3.05, 3.63) is 101 Å². The molecule has 1 amide bonds. The first kappa shape index (κ1) is 24.9. The fourth-order valence-corrected chi connectivity index (χ4v) is 4.33. The molecule has 1 saturated heterocycles. The molecule has 0 aromatic heterocycles. The quantitative estimate of drug-likeness (QED) is 0.424. The highest BCUT2D eigenvalue weighted by molar-refractivity contribution is 5.92. The second kappa shape index (κ2) is 11.5. The highest BCUT2D eigenvalue weighted by atomic mass is 19.1. The molecule has 0 aliphatic carbocycles. The van der Waals surface area contributed by atoms with E-state index in [0.717, 1.165) is 24.7 Å². The molecule has 35 heavy (non-hydrogen) atoms. The molecule has 1 heterocycles. The molecular weight excluding hydrogens is 460 g/mol. The molecule has 2 N–H and O–H groups in total. The predicted molar refractivity (Wildman–Crippen MR) is 125 cm³/mol. The van der Waals surface area contributed by atoms with E-state index in [1.54, 1.807) is 6.07 Å². The van der Waals surface area contributed by atoms with Crippen LogP contribution in [-0.2, 0) is 16.0 Å². The van der Waals surface area contributed by atoms with Gasteiger partial charge in [-0.2, -0.15) is 0 Å². The molecule has 4 rings (SSSR count). The molecule has 1 fully saturated rings. The van der Waals surface area contributed by atoms with Crippen LogP contribution in [0.25, 0.3) is 0 Å². The third kappa shape index (κ3) is 6.68. The maximum Gasteiger partial charge on any atom is 0.225 e. The van der Waals surface area contributed by atoms with Crippen LogP contribution in [0.1, 0.15) is 35.4 Å². The Morgan fingerprint density at radius 1 is 0.971 bits per heavy atom. The van der Waals surface area contributed by atoms with Crippen LogP contribution < -0.4 is 10.6 Å². The first-order chi connectivity index (χ1) is 16.9. The van der Waals surface area contributed by atoms with Crippen molar-refractivity contribution in [2.75, 3.05) is 25.0 Å². The molecule has 184 valence electrons. The Kier molecular flexibility index (Phi) is 8.15. The largest absolute Gasteiger partial charge is 0.376 e. The van der Waals surface area contributed by atoms with E-state index in [1.165, 1.54) is 36.4 Å². The number of halogens is 4. The van der Waals surface area contributed by atoms with Gasteiger partial charge in [0.15, 0.2) is 0 Å². The topological polar surface area (TPSA) is 50.4 Å². The van der Waals surface area contributed by atoms with E-state index in [1.807, 2.05) is 0 Å². The van der Waals surface area contributed by atoms with E-state index < -0.39 is 35.1 Å². The first-order valence-electron chi connectivity index (χ1n) is 11.5. The van der Waals surface area contributed by atoms with Crippen molar-refractivity contribution in [1.29, 1.82) is 0 Å². The van der Waals surface area contributed by atoms with Crippen molar-refractivity contribution in [2.24, 2.45) is 0 Å². The number of rotatable bonds is 8. The average molecular weight is 487 g/mol. The van der Waals surface area contributed by atoms with Gasteiger partial charge in [0.1, 0.15) is 23.3 Å². The summed E-state index contributed by atoms with van der Waals surface area (Å²) in [6, 6.07) is 12.9. The Balaban J connectivity index is 1.53. The monoisotopic (exact) mass is 486 g/mol. The molecule has 0 bridgehead atoms. The Labute approximate surface area is 201 Å². The highest BCUT2D eigenvalue weighted by Crippen LogP contribution is 2.31. The molecule has 1 aliphatic rings. The third-order valence-corrected chi connectivity index (χ3v) is 6.06. The molecule has 8 heteroatoms. The molecule has 4 nitrogen and oxygen atoms in total. The standard InChI is InChI=1S/C27H26F4N2O2/c28-19-6-4-17(5-7-19)24(18-12-20(29)14-21(30)13-18)15-27(34)33-26-3-1-2-25(31)23(26)9-8-22-16-32-10-11-35-22/h1-7,12-14,22,24,32H,8-11,15-16H2,(H,33,34)/t22-,24+/m1/s1. The van der Waals surface area contributed by atoms with Gasteiger partial charge >= 0.3 is 0 Å². The zero-order valence-electron chi connectivity index (χ0n) is 19.0.